The maximum absolute atomic E-state index is 10.7. The minimum Gasteiger partial charge on any atom is -0.478 e. The number of hydrogen-bond acceptors (Lipinski definition) is 4. The Hall–Kier alpha value is -1.33. The van der Waals surface area contributed by atoms with Gasteiger partial charge in [-0.25, -0.2) is 9.78 Å². The van der Waals surface area contributed by atoms with Crippen LogP contribution in [0.2, 0.25) is 5.02 Å². The summed E-state index contributed by atoms with van der Waals surface area (Å²) in [4.78, 5) is 16.7. The van der Waals surface area contributed by atoms with Gasteiger partial charge in [-0.3, -0.25) is 0 Å². The lowest BCUT2D eigenvalue weighted by molar-refractivity contribution is 0.0696. The van der Waals surface area contributed by atoms with Crippen LogP contribution in [0.25, 0.3) is 0 Å². The first-order valence-corrected chi connectivity index (χ1v) is 5.81. The number of likely N-dealkylation sites (N-methyl/N-ethyl adjacent to an activating group) is 1. The van der Waals surface area contributed by atoms with Crippen molar-refractivity contribution in [3.05, 3.63) is 22.8 Å². The van der Waals surface area contributed by atoms with Crippen LogP contribution in [0.1, 0.15) is 24.2 Å². The smallest absolute Gasteiger partial charge is 0.337 e. The van der Waals surface area contributed by atoms with E-state index in [0.29, 0.717) is 6.61 Å². The number of carbonyl (C=O) groups is 1. The molecule has 0 atom stereocenters. The first kappa shape index (κ1) is 14.7. The predicted octanol–water partition coefficient (Wildman–Crippen LogP) is 2.15. The van der Waals surface area contributed by atoms with E-state index >= 15 is 0 Å². The van der Waals surface area contributed by atoms with E-state index in [4.69, 9.17) is 21.4 Å². The number of aromatic nitrogens is 1. The molecule has 0 fully saturated rings. The normalized spacial score (nSPS) is 11.7. The summed E-state index contributed by atoms with van der Waals surface area (Å²) in [5.74, 6) is -0.818. The number of carboxylic acids is 1. The van der Waals surface area contributed by atoms with E-state index in [0.717, 1.165) is 0 Å². The Balaban J connectivity index is 2.78. The Morgan fingerprint density at radius 1 is 1.56 bits per heavy atom. The lowest BCUT2D eigenvalue weighted by Gasteiger charge is -2.31. The Kier molecular flexibility index (Phi) is 4.53. The maximum Gasteiger partial charge on any atom is 0.337 e. The molecule has 0 unspecified atom stereocenters. The minimum absolute atomic E-state index is 0.0409. The summed E-state index contributed by atoms with van der Waals surface area (Å²) in [6.07, 6.45) is 1.23. The van der Waals surface area contributed by atoms with E-state index in [2.05, 4.69) is 4.98 Å². The zero-order valence-corrected chi connectivity index (χ0v) is 11.7. The molecule has 100 valence electrons. The molecule has 0 saturated heterocycles. The van der Waals surface area contributed by atoms with Crippen LogP contribution >= 0.6 is 11.6 Å². The predicted molar refractivity (Wildman–Crippen MR) is 69.5 cm³/mol. The van der Waals surface area contributed by atoms with Crippen molar-refractivity contribution in [3.63, 3.8) is 0 Å². The van der Waals surface area contributed by atoms with Crippen LogP contribution in [-0.4, -0.2) is 47.2 Å². The molecular weight excluding hydrogens is 256 g/mol. The summed E-state index contributed by atoms with van der Waals surface area (Å²) in [5.41, 5.74) is -0.129. The molecule has 1 N–H and O–H groups in total. The van der Waals surface area contributed by atoms with Crippen molar-refractivity contribution in [2.75, 3.05) is 20.7 Å². The van der Waals surface area contributed by atoms with Gasteiger partial charge in [-0.2, -0.15) is 0 Å². The topological polar surface area (TPSA) is 62.7 Å². The molecule has 5 nitrogen and oxygen atoms in total. The third-order valence-corrected chi connectivity index (χ3v) is 3.10. The number of rotatable bonds is 5. The molecule has 0 bridgehead atoms. The fourth-order valence-electron chi connectivity index (χ4n) is 1.02. The minimum atomic E-state index is -1.07. The zero-order chi connectivity index (χ0) is 13.9. The molecule has 1 aromatic heterocycles. The average Bonchev–Trinajstić information content (AvgIpc) is 2.26. The van der Waals surface area contributed by atoms with Gasteiger partial charge in [-0.05, 0) is 34.0 Å². The monoisotopic (exact) mass is 272 g/mol. The summed E-state index contributed by atoms with van der Waals surface area (Å²) in [5, 5.41) is 8.98. The average molecular weight is 273 g/mol. The quantitative estimate of drug-likeness (QED) is 0.890. The van der Waals surface area contributed by atoms with Gasteiger partial charge in [0.2, 0.25) is 5.88 Å². The maximum atomic E-state index is 10.7. The van der Waals surface area contributed by atoms with Crippen LogP contribution in [0.3, 0.4) is 0 Å². The van der Waals surface area contributed by atoms with Crippen molar-refractivity contribution in [1.82, 2.24) is 9.88 Å². The van der Waals surface area contributed by atoms with Crippen LogP contribution in [0.4, 0.5) is 0 Å². The standard InChI is InChI=1S/C12H17ClN2O3/c1-12(2,15(3)4)7-18-10-9(13)5-8(6-14-10)11(16)17/h5-6H,7H2,1-4H3,(H,16,17). The Morgan fingerprint density at radius 3 is 2.61 bits per heavy atom. The Labute approximate surface area is 111 Å². The van der Waals surface area contributed by atoms with E-state index in [1.54, 1.807) is 0 Å². The molecule has 0 aliphatic carbocycles. The van der Waals surface area contributed by atoms with Crippen LogP contribution in [0.5, 0.6) is 5.88 Å². The van der Waals surface area contributed by atoms with Gasteiger partial charge in [0, 0.05) is 11.7 Å². The fourth-order valence-corrected chi connectivity index (χ4v) is 1.24. The second-order valence-corrected chi connectivity index (χ2v) is 5.22. The Bertz CT molecular complexity index is 447. The van der Waals surface area contributed by atoms with Crippen LogP contribution in [0.15, 0.2) is 12.3 Å². The number of aromatic carboxylic acids is 1. The highest BCUT2D eigenvalue weighted by Crippen LogP contribution is 2.24. The van der Waals surface area contributed by atoms with Crippen LogP contribution in [0, 0.1) is 0 Å². The number of hydrogen-bond donors (Lipinski definition) is 1. The lowest BCUT2D eigenvalue weighted by Crippen LogP contribution is -2.43. The highest BCUT2D eigenvalue weighted by atomic mass is 35.5. The van der Waals surface area contributed by atoms with E-state index < -0.39 is 5.97 Å². The van der Waals surface area contributed by atoms with E-state index in [-0.39, 0.29) is 22.0 Å². The van der Waals surface area contributed by atoms with Gasteiger partial charge in [0.1, 0.15) is 11.6 Å². The molecule has 18 heavy (non-hydrogen) atoms. The lowest BCUT2D eigenvalue weighted by atomic mass is 10.1. The number of ether oxygens (including phenoxy) is 1. The van der Waals surface area contributed by atoms with E-state index in [1.165, 1.54) is 12.3 Å². The van der Waals surface area contributed by atoms with Crippen LogP contribution in [-0.2, 0) is 0 Å². The zero-order valence-electron chi connectivity index (χ0n) is 10.9. The fraction of sp³-hybridized carbons (Fsp3) is 0.500. The summed E-state index contributed by atoms with van der Waals surface area (Å²) in [7, 11) is 3.90. The summed E-state index contributed by atoms with van der Waals surface area (Å²) in [6.45, 7) is 4.44. The van der Waals surface area contributed by atoms with E-state index in [1.807, 2.05) is 32.8 Å². The highest BCUT2D eigenvalue weighted by molar-refractivity contribution is 6.32. The van der Waals surface area contributed by atoms with Crippen molar-refractivity contribution in [2.45, 2.75) is 19.4 Å². The van der Waals surface area contributed by atoms with Crippen molar-refractivity contribution >= 4 is 17.6 Å². The summed E-state index contributed by atoms with van der Waals surface area (Å²) in [6, 6.07) is 1.33. The van der Waals surface area contributed by atoms with Gasteiger partial charge in [0.15, 0.2) is 0 Å². The SMILES string of the molecule is CN(C)C(C)(C)COc1ncc(C(=O)O)cc1Cl. The molecule has 0 saturated carbocycles. The van der Waals surface area contributed by atoms with Crippen LogP contribution < -0.4 is 4.74 Å². The molecule has 0 aliphatic heterocycles. The molecule has 1 aromatic rings. The van der Waals surface area contributed by atoms with Gasteiger partial charge < -0.3 is 14.7 Å². The molecule has 0 amide bonds. The Morgan fingerprint density at radius 2 is 2.17 bits per heavy atom. The molecular formula is C12H17ClN2O3. The molecule has 6 heteroatoms. The molecule has 1 heterocycles. The van der Waals surface area contributed by atoms with Gasteiger partial charge >= 0.3 is 5.97 Å². The van der Waals surface area contributed by atoms with Gasteiger partial charge in [0.25, 0.3) is 0 Å². The van der Waals surface area contributed by atoms with Crippen molar-refractivity contribution in [1.29, 1.82) is 0 Å². The molecule has 0 aliphatic rings. The highest BCUT2D eigenvalue weighted by Gasteiger charge is 2.22. The molecule has 0 radical (unpaired) electrons. The summed E-state index contributed by atoms with van der Waals surface area (Å²) >= 11 is 5.92. The molecule has 0 aromatic carbocycles. The first-order chi connectivity index (χ1) is 8.24. The van der Waals surface area contributed by atoms with E-state index in [9.17, 15) is 4.79 Å². The van der Waals surface area contributed by atoms with Gasteiger partial charge in [-0.15, -0.1) is 0 Å². The molecule has 0 spiro atoms. The second kappa shape index (κ2) is 5.54. The summed E-state index contributed by atoms with van der Waals surface area (Å²) < 4.78 is 5.52. The number of carboxylic acid groups (broad SMARTS) is 1. The second-order valence-electron chi connectivity index (χ2n) is 4.81. The number of pyridine rings is 1. The third kappa shape index (κ3) is 3.58. The van der Waals surface area contributed by atoms with Crippen molar-refractivity contribution in [3.8, 4) is 5.88 Å². The van der Waals surface area contributed by atoms with Crippen molar-refractivity contribution in [2.24, 2.45) is 0 Å². The first-order valence-electron chi connectivity index (χ1n) is 5.43. The molecule has 1 rings (SSSR count). The van der Waals surface area contributed by atoms with Gasteiger partial charge in [0.05, 0.1) is 5.56 Å². The third-order valence-electron chi connectivity index (χ3n) is 2.83. The van der Waals surface area contributed by atoms with Crippen molar-refractivity contribution < 1.29 is 14.6 Å². The number of halogens is 1. The number of nitrogens with zero attached hydrogens (tertiary/aromatic N) is 2. The largest absolute Gasteiger partial charge is 0.478 e. The van der Waals surface area contributed by atoms with Gasteiger partial charge in [-0.1, -0.05) is 11.6 Å².